The fourth-order valence-electron chi connectivity index (χ4n) is 6.83. The third-order valence-electron chi connectivity index (χ3n) is 10.6. The van der Waals surface area contributed by atoms with E-state index in [4.69, 9.17) is 18.9 Å². The molecule has 6 atom stereocenters. The summed E-state index contributed by atoms with van der Waals surface area (Å²) < 4.78 is 54.1. The minimum Gasteiger partial charge on any atom is -0.462 e. The van der Waals surface area contributed by atoms with Crippen molar-refractivity contribution in [3.8, 4) is 0 Å². The zero-order chi connectivity index (χ0) is 45.5. The minimum atomic E-state index is -4.61. The number of aliphatic hydroxyl groups excluding tert-OH is 3. The molecule has 6 unspecified atom stereocenters. The number of hydrogen-bond acceptors (Lipinski definition) is 11. The van der Waals surface area contributed by atoms with Crippen molar-refractivity contribution in [2.24, 2.45) is 0 Å². The number of allylic oxidation sites excluding steroid dienone is 10. The van der Waals surface area contributed by atoms with Crippen molar-refractivity contribution in [1.82, 2.24) is 0 Å². The first-order valence-corrected chi connectivity index (χ1v) is 25.5. The van der Waals surface area contributed by atoms with E-state index in [0.717, 1.165) is 96.3 Å². The van der Waals surface area contributed by atoms with Gasteiger partial charge in [0.1, 0.15) is 36.8 Å². The van der Waals surface area contributed by atoms with Crippen LogP contribution in [-0.2, 0) is 38.7 Å². The number of rotatable bonds is 39. The van der Waals surface area contributed by atoms with E-state index in [-0.39, 0.29) is 19.4 Å². The van der Waals surface area contributed by atoms with Gasteiger partial charge in [0.2, 0.25) is 0 Å². The molecule has 1 aliphatic rings. The van der Waals surface area contributed by atoms with E-state index < -0.39 is 71.2 Å². The molecule has 0 amide bonds. The molecular formula is C49H84O12S. The molecule has 4 N–H and O–H groups in total. The second-order valence-electron chi connectivity index (χ2n) is 16.4. The van der Waals surface area contributed by atoms with Crippen LogP contribution in [0, 0.1) is 0 Å². The quantitative estimate of drug-likeness (QED) is 0.0198. The number of hydrogen-bond donors (Lipinski definition) is 4. The Morgan fingerprint density at radius 2 is 0.968 bits per heavy atom. The molecule has 12 nitrogen and oxygen atoms in total. The van der Waals surface area contributed by atoms with Crippen LogP contribution in [0.4, 0.5) is 0 Å². The molecular weight excluding hydrogens is 813 g/mol. The standard InChI is InChI=1S/C49H84O12S/c1-3-5-7-9-11-13-15-17-19-20-21-22-24-26-28-30-32-34-36-38-45(51)60-42(40-59-49-48(54)47(53)46(52)43(61-49)41-62(55,56)57)39-58-44(50)37-35-33-31-29-27-25-23-18-16-14-12-10-8-6-4-2/h11-14,17-19,21-23,42-43,46-49,52-54H,3-10,15-16,20,24-41H2,1-2H3,(H,55,56,57)/b13-11-,14-12-,19-17-,22-21-,23-18-. The van der Waals surface area contributed by atoms with Crippen LogP contribution in [0.15, 0.2) is 60.8 Å². The van der Waals surface area contributed by atoms with E-state index in [1.807, 2.05) is 0 Å². The molecule has 0 spiro atoms. The number of carbonyl (C=O) groups is 2. The van der Waals surface area contributed by atoms with Gasteiger partial charge in [-0.1, -0.05) is 145 Å². The first-order chi connectivity index (χ1) is 30.0. The van der Waals surface area contributed by atoms with Gasteiger partial charge in [0, 0.05) is 12.8 Å². The lowest BCUT2D eigenvalue weighted by Gasteiger charge is -2.40. The Morgan fingerprint density at radius 1 is 0.548 bits per heavy atom. The van der Waals surface area contributed by atoms with Gasteiger partial charge in [-0.3, -0.25) is 14.1 Å². The van der Waals surface area contributed by atoms with Crippen molar-refractivity contribution >= 4 is 22.1 Å². The maximum atomic E-state index is 12.8. The van der Waals surface area contributed by atoms with Crippen LogP contribution in [0.25, 0.3) is 0 Å². The number of aliphatic hydroxyl groups is 3. The summed E-state index contributed by atoms with van der Waals surface area (Å²) in [4.78, 5) is 25.4. The Labute approximate surface area is 375 Å². The maximum Gasteiger partial charge on any atom is 0.306 e. The minimum absolute atomic E-state index is 0.144. The monoisotopic (exact) mass is 897 g/mol. The predicted octanol–water partition coefficient (Wildman–Crippen LogP) is 10.1. The Kier molecular flexibility index (Phi) is 35.9. The molecule has 0 radical (unpaired) electrons. The van der Waals surface area contributed by atoms with Crippen LogP contribution in [0.1, 0.15) is 181 Å². The normalized spacial score (nSPS) is 20.4. The molecule has 0 aromatic carbocycles. The summed E-state index contributed by atoms with van der Waals surface area (Å²) in [7, 11) is -4.61. The van der Waals surface area contributed by atoms with Gasteiger partial charge in [0.05, 0.1) is 6.61 Å². The van der Waals surface area contributed by atoms with Crippen LogP contribution in [0.3, 0.4) is 0 Å². The van der Waals surface area contributed by atoms with Crippen LogP contribution in [0.2, 0.25) is 0 Å². The van der Waals surface area contributed by atoms with Crippen molar-refractivity contribution in [3.05, 3.63) is 60.8 Å². The summed E-state index contributed by atoms with van der Waals surface area (Å²) in [5.74, 6) is -2.02. The van der Waals surface area contributed by atoms with E-state index in [9.17, 15) is 37.9 Å². The van der Waals surface area contributed by atoms with Gasteiger partial charge in [-0.05, 0) is 83.5 Å². The zero-order valence-electron chi connectivity index (χ0n) is 38.2. The number of esters is 2. The Bertz CT molecular complexity index is 1370. The van der Waals surface area contributed by atoms with Crippen molar-refractivity contribution in [2.75, 3.05) is 19.0 Å². The maximum absolute atomic E-state index is 12.8. The molecule has 13 heteroatoms. The van der Waals surface area contributed by atoms with Crippen molar-refractivity contribution in [3.63, 3.8) is 0 Å². The van der Waals surface area contributed by atoms with E-state index in [1.54, 1.807) is 0 Å². The fourth-order valence-corrected chi connectivity index (χ4v) is 7.52. The average molecular weight is 897 g/mol. The summed E-state index contributed by atoms with van der Waals surface area (Å²) in [6.45, 7) is 3.68. The number of ether oxygens (including phenoxy) is 4. The van der Waals surface area contributed by atoms with Crippen LogP contribution >= 0.6 is 0 Å². The smallest absolute Gasteiger partial charge is 0.306 e. The van der Waals surface area contributed by atoms with Gasteiger partial charge in [-0.15, -0.1) is 0 Å². The summed E-state index contributed by atoms with van der Waals surface area (Å²) >= 11 is 0. The summed E-state index contributed by atoms with van der Waals surface area (Å²) in [5.41, 5.74) is 0. The lowest BCUT2D eigenvalue weighted by atomic mass is 10.00. The number of unbranched alkanes of at least 4 members (excludes halogenated alkanes) is 17. The third-order valence-corrected chi connectivity index (χ3v) is 11.3. The van der Waals surface area contributed by atoms with Gasteiger partial charge in [0.25, 0.3) is 10.1 Å². The SMILES string of the molecule is CCCCC/C=C\C/C=C\C/C=C\CCCCCCCCC(=O)OC(COC(=O)CCCCCCC/C=C\C/C=C\CCCCC)COC1OC(CS(=O)(=O)O)C(O)C(O)C1O. The molecule has 62 heavy (non-hydrogen) atoms. The molecule has 1 fully saturated rings. The molecule has 1 saturated heterocycles. The highest BCUT2D eigenvalue weighted by Crippen LogP contribution is 2.24. The lowest BCUT2D eigenvalue weighted by molar-refractivity contribution is -0.297. The Balaban J connectivity index is 2.45. The molecule has 0 bridgehead atoms. The first kappa shape index (κ1) is 57.4. The van der Waals surface area contributed by atoms with E-state index in [0.29, 0.717) is 12.8 Å². The van der Waals surface area contributed by atoms with Crippen molar-refractivity contribution in [2.45, 2.75) is 218 Å². The summed E-state index contributed by atoms with van der Waals surface area (Å²) in [5, 5.41) is 30.9. The van der Waals surface area contributed by atoms with Gasteiger partial charge in [0.15, 0.2) is 12.4 Å². The van der Waals surface area contributed by atoms with Gasteiger partial charge in [-0.25, -0.2) is 0 Å². The third kappa shape index (κ3) is 32.9. The average Bonchev–Trinajstić information content (AvgIpc) is 3.24. The van der Waals surface area contributed by atoms with Gasteiger partial charge >= 0.3 is 11.9 Å². The molecule has 0 saturated carbocycles. The Morgan fingerprint density at radius 3 is 1.44 bits per heavy atom. The van der Waals surface area contributed by atoms with Crippen molar-refractivity contribution < 1.29 is 56.8 Å². The van der Waals surface area contributed by atoms with E-state index >= 15 is 0 Å². The second-order valence-corrected chi connectivity index (χ2v) is 17.9. The summed E-state index contributed by atoms with van der Waals surface area (Å²) in [6.07, 6.45) is 38.2. The van der Waals surface area contributed by atoms with Crippen LogP contribution in [0.5, 0.6) is 0 Å². The highest BCUT2D eigenvalue weighted by atomic mass is 32.2. The molecule has 1 heterocycles. The molecule has 1 rings (SSSR count). The van der Waals surface area contributed by atoms with Crippen LogP contribution < -0.4 is 0 Å². The van der Waals surface area contributed by atoms with E-state index in [1.165, 1.54) is 44.9 Å². The highest BCUT2D eigenvalue weighted by molar-refractivity contribution is 7.85. The predicted molar refractivity (Wildman–Crippen MR) is 247 cm³/mol. The molecule has 0 aromatic rings. The zero-order valence-corrected chi connectivity index (χ0v) is 39.0. The van der Waals surface area contributed by atoms with Gasteiger partial charge < -0.3 is 34.3 Å². The second kappa shape index (κ2) is 38.8. The highest BCUT2D eigenvalue weighted by Gasteiger charge is 2.46. The van der Waals surface area contributed by atoms with Crippen LogP contribution in [-0.4, -0.2) is 96.0 Å². The lowest BCUT2D eigenvalue weighted by Crippen LogP contribution is -2.60. The molecule has 0 aromatic heterocycles. The topological polar surface area (TPSA) is 186 Å². The molecule has 1 aliphatic heterocycles. The van der Waals surface area contributed by atoms with E-state index in [2.05, 4.69) is 74.6 Å². The fraction of sp³-hybridized carbons (Fsp3) is 0.755. The Hall–Kier alpha value is -2.65. The number of carbonyl (C=O) groups excluding carboxylic acids is 2. The van der Waals surface area contributed by atoms with Gasteiger partial charge in [-0.2, -0.15) is 8.42 Å². The molecule has 358 valence electrons. The first-order valence-electron chi connectivity index (χ1n) is 23.8. The molecule has 0 aliphatic carbocycles. The summed E-state index contributed by atoms with van der Waals surface area (Å²) in [6, 6.07) is 0. The van der Waals surface area contributed by atoms with Crippen molar-refractivity contribution in [1.29, 1.82) is 0 Å². The largest absolute Gasteiger partial charge is 0.462 e.